The Labute approximate surface area is 78.3 Å². The summed E-state index contributed by atoms with van der Waals surface area (Å²) in [5, 5.41) is 0. The zero-order valence-electron chi connectivity index (χ0n) is 7.66. The Kier molecular flexibility index (Phi) is 2.17. The number of hydrogen-bond donors (Lipinski definition) is 0. The van der Waals surface area contributed by atoms with Crippen molar-refractivity contribution in [3.05, 3.63) is 53.8 Å². The van der Waals surface area contributed by atoms with Crippen LogP contribution in [0.4, 0.5) is 0 Å². The SMILES string of the molecule is C/C=C1\C=COCc2ccccc21. The smallest absolute Gasteiger partial charge is 0.113 e. The summed E-state index contributed by atoms with van der Waals surface area (Å²) in [6.45, 7) is 2.71. The molecule has 0 fully saturated rings. The molecule has 0 unspecified atom stereocenters. The molecule has 1 heteroatoms. The quantitative estimate of drug-likeness (QED) is 0.584. The minimum Gasteiger partial charge on any atom is -0.496 e. The molecule has 0 aromatic heterocycles. The van der Waals surface area contributed by atoms with Gasteiger partial charge in [-0.2, -0.15) is 0 Å². The van der Waals surface area contributed by atoms with Crippen molar-refractivity contribution in [1.82, 2.24) is 0 Å². The van der Waals surface area contributed by atoms with Crippen LogP contribution < -0.4 is 0 Å². The molecule has 1 aliphatic rings. The second kappa shape index (κ2) is 3.48. The third-order valence-corrected chi connectivity index (χ3v) is 2.22. The van der Waals surface area contributed by atoms with Crippen LogP contribution in [0.3, 0.4) is 0 Å². The van der Waals surface area contributed by atoms with Gasteiger partial charge in [0.1, 0.15) is 6.61 Å². The lowest BCUT2D eigenvalue weighted by Crippen LogP contribution is -1.89. The molecule has 0 amide bonds. The molecule has 2 rings (SSSR count). The predicted molar refractivity (Wildman–Crippen MR) is 54.0 cm³/mol. The van der Waals surface area contributed by atoms with Gasteiger partial charge in [0.25, 0.3) is 0 Å². The maximum atomic E-state index is 5.33. The summed E-state index contributed by atoms with van der Waals surface area (Å²) in [7, 11) is 0. The van der Waals surface area contributed by atoms with Gasteiger partial charge < -0.3 is 4.74 Å². The molecule has 0 spiro atoms. The second-order valence-electron chi connectivity index (χ2n) is 3.01. The van der Waals surface area contributed by atoms with Crippen molar-refractivity contribution in [1.29, 1.82) is 0 Å². The van der Waals surface area contributed by atoms with Gasteiger partial charge >= 0.3 is 0 Å². The Morgan fingerprint density at radius 3 is 3.00 bits per heavy atom. The molecule has 66 valence electrons. The van der Waals surface area contributed by atoms with E-state index in [1.54, 1.807) is 6.26 Å². The molecule has 1 aromatic rings. The maximum absolute atomic E-state index is 5.33. The average Bonchev–Trinajstić information content (AvgIpc) is 2.39. The van der Waals surface area contributed by atoms with Crippen LogP contribution >= 0.6 is 0 Å². The monoisotopic (exact) mass is 172 g/mol. The molecular weight excluding hydrogens is 160 g/mol. The van der Waals surface area contributed by atoms with Gasteiger partial charge in [-0.05, 0) is 29.7 Å². The lowest BCUT2D eigenvalue weighted by Gasteiger charge is -2.05. The Hall–Kier alpha value is -1.50. The third kappa shape index (κ3) is 1.50. The number of fused-ring (bicyclic) bond motifs is 1. The van der Waals surface area contributed by atoms with Crippen LogP contribution in [-0.4, -0.2) is 0 Å². The Morgan fingerprint density at radius 2 is 2.15 bits per heavy atom. The molecule has 1 heterocycles. The molecule has 0 saturated carbocycles. The molecule has 0 saturated heterocycles. The van der Waals surface area contributed by atoms with E-state index in [2.05, 4.69) is 24.3 Å². The summed E-state index contributed by atoms with van der Waals surface area (Å²) in [5.41, 5.74) is 3.76. The standard InChI is InChI=1S/C12H12O/c1-2-10-7-8-13-9-11-5-3-4-6-12(10)11/h2-8H,9H2,1H3/b10-2+. The molecule has 0 radical (unpaired) electrons. The largest absolute Gasteiger partial charge is 0.496 e. The Bertz CT molecular complexity index is 361. The summed E-state index contributed by atoms with van der Waals surface area (Å²) >= 11 is 0. The summed E-state index contributed by atoms with van der Waals surface area (Å²) in [4.78, 5) is 0. The number of ether oxygens (including phenoxy) is 1. The molecule has 0 N–H and O–H groups in total. The molecule has 1 aromatic carbocycles. The first-order valence-electron chi connectivity index (χ1n) is 4.44. The lowest BCUT2D eigenvalue weighted by molar-refractivity contribution is 0.238. The number of benzene rings is 1. The molecule has 0 aliphatic carbocycles. The van der Waals surface area contributed by atoms with Gasteiger partial charge in [-0.1, -0.05) is 30.3 Å². The van der Waals surface area contributed by atoms with Crippen LogP contribution in [0.5, 0.6) is 0 Å². The van der Waals surface area contributed by atoms with Gasteiger partial charge in [0, 0.05) is 0 Å². The van der Waals surface area contributed by atoms with Gasteiger partial charge in [0.05, 0.1) is 6.26 Å². The summed E-state index contributed by atoms with van der Waals surface area (Å²) in [6.07, 6.45) is 5.87. The fourth-order valence-electron chi connectivity index (χ4n) is 1.53. The van der Waals surface area contributed by atoms with Crippen molar-refractivity contribution in [3.63, 3.8) is 0 Å². The predicted octanol–water partition coefficient (Wildman–Crippen LogP) is 3.13. The Morgan fingerprint density at radius 1 is 1.31 bits per heavy atom. The minimum atomic E-state index is 0.671. The van der Waals surface area contributed by atoms with Crippen molar-refractivity contribution in [3.8, 4) is 0 Å². The van der Waals surface area contributed by atoms with Gasteiger partial charge in [-0.3, -0.25) is 0 Å². The fourth-order valence-corrected chi connectivity index (χ4v) is 1.53. The van der Waals surface area contributed by atoms with Crippen LogP contribution in [0.25, 0.3) is 5.57 Å². The highest BCUT2D eigenvalue weighted by molar-refractivity contribution is 5.75. The van der Waals surface area contributed by atoms with Crippen molar-refractivity contribution in [2.24, 2.45) is 0 Å². The first-order valence-corrected chi connectivity index (χ1v) is 4.44. The van der Waals surface area contributed by atoms with E-state index in [1.165, 1.54) is 16.7 Å². The van der Waals surface area contributed by atoms with Gasteiger partial charge in [-0.25, -0.2) is 0 Å². The highest BCUT2D eigenvalue weighted by Gasteiger charge is 2.06. The molecular formula is C12H12O. The zero-order valence-corrected chi connectivity index (χ0v) is 7.66. The molecule has 0 atom stereocenters. The molecule has 1 nitrogen and oxygen atoms in total. The van der Waals surface area contributed by atoms with Crippen LogP contribution in [0.2, 0.25) is 0 Å². The van der Waals surface area contributed by atoms with Crippen molar-refractivity contribution in [2.75, 3.05) is 0 Å². The van der Waals surface area contributed by atoms with Crippen LogP contribution in [0.15, 0.2) is 42.7 Å². The van der Waals surface area contributed by atoms with E-state index in [-0.39, 0.29) is 0 Å². The van der Waals surface area contributed by atoms with E-state index >= 15 is 0 Å². The van der Waals surface area contributed by atoms with E-state index in [0.29, 0.717) is 6.61 Å². The van der Waals surface area contributed by atoms with E-state index in [0.717, 1.165) is 0 Å². The number of rotatable bonds is 0. The van der Waals surface area contributed by atoms with Crippen molar-refractivity contribution < 1.29 is 4.74 Å². The zero-order chi connectivity index (χ0) is 9.10. The summed E-state index contributed by atoms with van der Waals surface area (Å²) in [5.74, 6) is 0. The second-order valence-corrected chi connectivity index (χ2v) is 3.01. The van der Waals surface area contributed by atoms with E-state index in [1.807, 2.05) is 19.1 Å². The fraction of sp³-hybridized carbons (Fsp3) is 0.167. The normalized spacial score (nSPS) is 17.8. The van der Waals surface area contributed by atoms with Crippen molar-refractivity contribution >= 4 is 5.57 Å². The van der Waals surface area contributed by atoms with Crippen LogP contribution in [0, 0.1) is 0 Å². The average molecular weight is 172 g/mol. The van der Waals surface area contributed by atoms with E-state index in [4.69, 9.17) is 4.74 Å². The number of allylic oxidation sites excluding steroid dienone is 3. The minimum absolute atomic E-state index is 0.671. The third-order valence-electron chi connectivity index (χ3n) is 2.22. The summed E-state index contributed by atoms with van der Waals surface area (Å²) < 4.78 is 5.33. The topological polar surface area (TPSA) is 9.23 Å². The van der Waals surface area contributed by atoms with Crippen molar-refractivity contribution in [2.45, 2.75) is 13.5 Å². The lowest BCUT2D eigenvalue weighted by atomic mass is 10.0. The summed E-state index contributed by atoms with van der Waals surface area (Å²) in [6, 6.07) is 8.33. The van der Waals surface area contributed by atoms with Crippen LogP contribution in [0.1, 0.15) is 18.1 Å². The van der Waals surface area contributed by atoms with E-state index < -0.39 is 0 Å². The van der Waals surface area contributed by atoms with Gasteiger partial charge in [-0.15, -0.1) is 0 Å². The molecule has 1 aliphatic heterocycles. The molecule has 13 heavy (non-hydrogen) atoms. The van der Waals surface area contributed by atoms with E-state index in [9.17, 15) is 0 Å². The first-order chi connectivity index (χ1) is 6.42. The van der Waals surface area contributed by atoms with Gasteiger partial charge in [0.15, 0.2) is 0 Å². The Balaban J connectivity index is 2.55. The molecule has 0 bridgehead atoms. The number of hydrogen-bond acceptors (Lipinski definition) is 1. The highest BCUT2D eigenvalue weighted by Crippen LogP contribution is 2.23. The van der Waals surface area contributed by atoms with Gasteiger partial charge in [0.2, 0.25) is 0 Å². The highest BCUT2D eigenvalue weighted by atomic mass is 16.5. The maximum Gasteiger partial charge on any atom is 0.113 e. The first kappa shape index (κ1) is 8.11. The van der Waals surface area contributed by atoms with Crippen LogP contribution in [-0.2, 0) is 11.3 Å².